The quantitative estimate of drug-likeness (QED) is 0.291. The molecule has 1 saturated heterocycles. The number of benzene rings is 2. The molecule has 4 aromatic rings. The number of likely N-dealkylation sites (tertiary alicyclic amines) is 1. The number of piperidine rings is 1. The molecule has 1 aliphatic heterocycles. The highest BCUT2D eigenvalue weighted by Crippen LogP contribution is 2.35. The van der Waals surface area contributed by atoms with Gasteiger partial charge in [-0.3, -0.25) is 14.6 Å². The van der Waals surface area contributed by atoms with E-state index in [0.29, 0.717) is 54.9 Å². The third kappa shape index (κ3) is 6.07. The first-order valence-electron chi connectivity index (χ1n) is 12.9. The molecule has 0 unspecified atom stereocenters. The maximum Gasteiger partial charge on any atom is 0.416 e. The minimum Gasteiger partial charge on any atom is -0.347 e. The zero-order valence-corrected chi connectivity index (χ0v) is 22.6. The summed E-state index contributed by atoms with van der Waals surface area (Å²) in [6, 6.07) is 15.6. The number of carbonyl (C=O) groups excluding carboxylic acids is 2. The highest BCUT2D eigenvalue weighted by atomic mass is 32.1. The molecule has 0 radical (unpaired) electrons. The van der Waals surface area contributed by atoms with Crippen LogP contribution in [0.5, 0.6) is 0 Å². The number of hydrogen-bond donors (Lipinski definition) is 1. The number of nitrogens with one attached hydrogen (secondary N) is 1. The SMILES string of the molecule is Cc1sc(C2CCN(C(=O)c3ccccc3-c3ccc(C(F)(F)F)cc3)CC2)nc1C(=O)NCc1cccnc1. The summed E-state index contributed by atoms with van der Waals surface area (Å²) in [6.45, 7) is 3.29. The largest absolute Gasteiger partial charge is 0.416 e. The van der Waals surface area contributed by atoms with Crippen LogP contribution < -0.4 is 5.32 Å². The number of aromatic nitrogens is 2. The Morgan fingerprint density at radius 3 is 2.42 bits per heavy atom. The first-order chi connectivity index (χ1) is 19.2. The number of halogens is 3. The minimum absolute atomic E-state index is 0.137. The fourth-order valence-electron chi connectivity index (χ4n) is 4.83. The number of thiazole rings is 1. The van der Waals surface area contributed by atoms with Crippen LogP contribution in [-0.2, 0) is 12.7 Å². The van der Waals surface area contributed by atoms with E-state index in [1.54, 1.807) is 41.6 Å². The van der Waals surface area contributed by atoms with Gasteiger partial charge in [0.15, 0.2) is 0 Å². The van der Waals surface area contributed by atoms with Crippen molar-refractivity contribution in [2.45, 2.75) is 38.4 Å². The van der Waals surface area contributed by atoms with Crippen molar-refractivity contribution in [2.24, 2.45) is 0 Å². The van der Waals surface area contributed by atoms with Crippen LogP contribution in [0.1, 0.15) is 60.6 Å². The van der Waals surface area contributed by atoms with Crippen LogP contribution in [0.15, 0.2) is 73.1 Å². The van der Waals surface area contributed by atoms with Gasteiger partial charge in [0, 0.05) is 48.4 Å². The van der Waals surface area contributed by atoms with Crippen molar-refractivity contribution in [3.05, 3.63) is 105 Å². The van der Waals surface area contributed by atoms with Gasteiger partial charge in [-0.1, -0.05) is 36.4 Å². The van der Waals surface area contributed by atoms with Gasteiger partial charge in [0.1, 0.15) is 5.69 Å². The summed E-state index contributed by atoms with van der Waals surface area (Å²) in [7, 11) is 0. The zero-order chi connectivity index (χ0) is 28.3. The molecular weight excluding hydrogens is 537 g/mol. The van der Waals surface area contributed by atoms with Crippen molar-refractivity contribution in [3.63, 3.8) is 0 Å². The Hall–Kier alpha value is -4.05. The van der Waals surface area contributed by atoms with E-state index in [0.717, 1.165) is 27.6 Å². The average molecular weight is 565 g/mol. The number of carbonyl (C=O) groups is 2. The lowest BCUT2D eigenvalue weighted by molar-refractivity contribution is -0.137. The van der Waals surface area contributed by atoms with E-state index in [2.05, 4.69) is 15.3 Å². The molecule has 206 valence electrons. The Bertz CT molecular complexity index is 1500. The zero-order valence-electron chi connectivity index (χ0n) is 21.7. The number of amides is 2. The Morgan fingerprint density at radius 2 is 1.75 bits per heavy atom. The van der Waals surface area contributed by atoms with Gasteiger partial charge in [-0.2, -0.15) is 13.2 Å². The van der Waals surface area contributed by atoms with E-state index < -0.39 is 11.7 Å². The van der Waals surface area contributed by atoms with Crippen LogP contribution in [0.2, 0.25) is 0 Å². The summed E-state index contributed by atoms with van der Waals surface area (Å²) < 4.78 is 39.0. The average Bonchev–Trinajstić information content (AvgIpc) is 3.37. The fraction of sp³-hybridized carbons (Fsp3) is 0.267. The third-order valence-corrected chi connectivity index (χ3v) is 8.15. The third-order valence-electron chi connectivity index (χ3n) is 7.02. The molecule has 10 heteroatoms. The maximum absolute atomic E-state index is 13.5. The van der Waals surface area contributed by atoms with Crippen molar-refractivity contribution in [3.8, 4) is 11.1 Å². The van der Waals surface area contributed by atoms with Crippen molar-refractivity contribution in [1.82, 2.24) is 20.2 Å². The standard InChI is InChI=1S/C30H27F3N4O2S/c1-19-26(27(38)35-18-20-5-4-14-34-17-20)36-28(40-19)22-12-15-37(16-13-22)29(39)25-7-3-2-6-24(25)21-8-10-23(11-9-21)30(31,32)33/h2-11,14,17,22H,12-13,15-16,18H2,1H3,(H,35,38). The van der Waals surface area contributed by atoms with Gasteiger partial charge in [-0.25, -0.2) is 4.98 Å². The molecule has 0 atom stereocenters. The smallest absolute Gasteiger partial charge is 0.347 e. The van der Waals surface area contributed by atoms with Gasteiger partial charge in [0.25, 0.3) is 11.8 Å². The predicted octanol–water partition coefficient (Wildman–Crippen LogP) is 6.48. The topological polar surface area (TPSA) is 75.2 Å². The highest BCUT2D eigenvalue weighted by molar-refractivity contribution is 7.12. The van der Waals surface area contributed by atoms with Gasteiger partial charge in [-0.15, -0.1) is 11.3 Å². The Kier molecular flexibility index (Phi) is 7.97. The van der Waals surface area contributed by atoms with Crippen molar-refractivity contribution < 1.29 is 22.8 Å². The lowest BCUT2D eigenvalue weighted by Crippen LogP contribution is -2.38. The molecule has 40 heavy (non-hydrogen) atoms. The number of alkyl halides is 3. The summed E-state index contributed by atoms with van der Waals surface area (Å²) in [5.74, 6) is -0.242. The highest BCUT2D eigenvalue weighted by Gasteiger charge is 2.31. The van der Waals surface area contributed by atoms with Crippen molar-refractivity contribution >= 4 is 23.2 Å². The summed E-state index contributed by atoms with van der Waals surface area (Å²) in [5.41, 5.74) is 2.21. The molecule has 5 rings (SSSR count). The van der Waals surface area contributed by atoms with Crippen LogP contribution in [0.3, 0.4) is 0 Å². The lowest BCUT2D eigenvalue weighted by Gasteiger charge is -2.31. The first kappa shape index (κ1) is 27.5. The molecule has 1 N–H and O–H groups in total. The summed E-state index contributed by atoms with van der Waals surface area (Å²) in [4.78, 5) is 37.6. The molecule has 0 saturated carbocycles. The Balaban J connectivity index is 1.23. The molecule has 3 heterocycles. The Labute approximate surface area is 233 Å². The second kappa shape index (κ2) is 11.6. The number of pyridine rings is 1. The van der Waals surface area contributed by atoms with Gasteiger partial charge in [0.05, 0.1) is 10.6 Å². The molecule has 6 nitrogen and oxygen atoms in total. The Morgan fingerprint density at radius 1 is 1.02 bits per heavy atom. The van der Waals surface area contributed by atoms with E-state index >= 15 is 0 Å². The summed E-state index contributed by atoms with van der Waals surface area (Å²) in [5, 5.41) is 3.79. The maximum atomic E-state index is 13.5. The molecule has 0 aliphatic carbocycles. The predicted molar refractivity (Wildman–Crippen MR) is 147 cm³/mol. The van der Waals surface area contributed by atoms with E-state index in [-0.39, 0.29) is 17.7 Å². The lowest BCUT2D eigenvalue weighted by atomic mass is 9.94. The molecule has 1 fully saturated rings. The second-order valence-electron chi connectivity index (χ2n) is 9.69. The molecule has 0 bridgehead atoms. The monoisotopic (exact) mass is 564 g/mol. The van der Waals surface area contributed by atoms with Crippen LogP contribution >= 0.6 is 11.3 Å². The van der Waals surface area contributed by atoms with Gasteiger partial charge >= 0.3 is 6.18 Å². The molecule has 1 aliphatic rings. The van der Waals surface area contributed by atoms with E-state index in [1.165, 1.54) is 23.5 Å². The molecule has 2 aromatic carbocycles. The van der Waals surface area contributed by atoms with Gasteiger partial charge in [0.2, 0.25) is 0 Å². The fourth-order valence-corrected chi connectivity index (χ4v) is 5.92. The normalized spacial score (nSPS) is 14.2. The van der Waals surface area contributed by atoms with E-state index in [4.69, 9.17) is 0 Å². The van der Waals surface area contributed by atoms with Crippen LogP contribution in [0.4, 0.5) is 13.2 Å². The summed E-state index contributed by atoms with van der Waals surface area (Å²) >= 11 is 1.51. The molecule has 0 spiro atoms. The first-order valence-corrected chi connectivity index (χ1v) is 13.7. The van der Waals surface area contributed by atoms with Crippen molar-refractivity contribution in [2.75, 3.05) is 13.1 Å². The summed E-state index contributed by atoms with van der Waals surface area (Å²) in [6.07, 6.45) is 0.379. The van der Waals surface area contributed by atoms with E-state index in [1.807, 2.05) is 19.1 Å². The number of aryl methyl sites for hydroxylation is 1. The van der Waals surface area contributed by atoms with Crippen molar-refractivity contribution in [1.29, 1.82) is 0 Å². The van der Waals surface area contributed by atoms with Crippen LogP contribution in [0, 0.1) is 6.92 Å². The number of rotatable bonds is 6. The van der Waals surface area contributed by atoms with E-state index in [9.17, 15) is 22.8 Å². The number of nitrogens with zero attached hydrogens (tertiary/aromatic N) is 3. The molecule has 2 amide bonds. The minimum atomic E-state index is -4.42. The molecular formula is C30H27F3N4O2S. The van der Waals surface area contributed by atoms with Gasteiger partial charge < -0.3 is 10.2 Å². The second-order valence-corrected chi connectivity index (χ2v) is 10.9. The molecule has 2 aromatic heterocycles. The van der Waals surface area contributed by atoms with Crippen LogP contribution in [0.25, 0.3) is 11.1 Å². The van der Waals surface area contributed by atoms with Gasteiger partial charge in [-0.05, 0) is 60.7 Å². The van der Waals surface area contributed by atoms with Crippen LogP contribution in [-0.4, -0.2) is 39.8 Å². The number of hydrogen-bond acceptors (Lipinski definition) is 5.